The number of unbranched alkanes of at least 4 members (excludes halogenated alkanes) is 1. The van der Waals surface area contributed by atoms with Gasteiger partial charge in [0.05, 0.1) is 5.69 Å². The van der Waals surface area contributed by atoms with Crippen LogP contribution in [0.3, 0.4) is 0 Å². The maximum absolute atomic E-state index is 14.5. The molecule has 1 aromatic carbocycles. The summed E-state index contributed by atoms with van der Waals surface area (Å²) in [6.45, 7) is 4.22. The minimum Gasteiger partial charge on any atom is -0.478 e. The number of amides is 1. The molecule has 0 aliphatic heterocycles. The highest BCUT2D eigenvalue weighted by molar-refractivity contribution is 5.92. The molecule has 138 valence electrons. The maximum Gasteiger partial charge on any atom is 0.269 e. The van der Waals surface area contributed by atoms with Crippen LogP contribution in [0.4, 0.5) is 4.39 Å². The van der Waals surface area contributed by atoms with Crippen molar-refractivity contribution >= 4 is 5.91 Å². The molecular weight excluding hydrogens is 333 g/mol. The SMILES string of the molecule is CCCC#CCOc1cccc(CNC(=O)c2cc(CC)nn2C)c1F. The highest BCUT2D eigenvalue weighted by Crippen LogP contribution is 2.20. The number of ether oxygens (including phenoxy) is 1. The first kappa shape index (κ1) is 19.5. The third kappa shape index (κ3) is 5.09. The van der Waals surface area contributed by atoms with E-state index in [0.717, 1.165) is 25.0 Å². The predicted molar refractivity (Wildman–Crippen MR) is 98.3 cm³/mol. The zero-order valence-electron chi connectivity index (χ0n) is 15.4. The molecule has 2 aromatic rings. The van der Waals surface area contributed by atoms with Crippen LogP contribution in [0, 0.1) is 17.7 Å². The lowest BCUT2D eigenvalue weighted by molar-refractivity contribution is 0.0941. The van der Waals surface area contributed by atoms with Crippen molar-refractivity contribution in [2.45, 2.75) is 39.7 Å². The summed E-state index contributed by atoms with van der Waals surface area (Å²) in [4.78, 5) is 12.3. The van der Waals surface area contributed by atoms with Crippen molar-refractivity contribution in [2.75, 3.05) is 6.61 Å². The lowest BCUT2D eigenvalue weighted by Crippen LogP contribution is -2.25. The fourth-order valence-corrected chi connectivity index (χ4v) is 2.36. The van der Waals surface area contributed by atoms with E-state index in [-0.39, 0.29) is 24.8 Å². The molecule has 1 N–H and O–H groups in total. The van der Waals surface area contributed by atoms with Gasteiger partial charge < -0.3 is 10.1 Å². The number of carbonyl (C=O) groups is 1. The summed E-state index contributed by atoms with van der Waals surface area (Å²) >= 11 is 0. The average molecular weight is 357 g/mol. The summed E-state index contributed by atoms with van der Waals surface area (Å²) in [5.41, 5.74) is 1.64. The fourth-order valence-electron chi connectivity index (χ4n) is 2.36. The second-order valence-corrected chi connectivity index (χ2v) is 5.80. The maximum atomic E-state index is 14.5. The number of carbonyl (C=O) groups excluding carboxylic acids is 1. The Hall–Kier alpha value is -2.81. The van der Waals surface area contributed by atoms with Crippen molar-refractivity contribution in [3.8, 4) is 17.6 Å². The van der Waals surface area contributed by atoms with Crippen LogP contribution in [0.5, 0.6) is 5.75 Å². The van der Waals surface area contributed by atoms with Gasteiger partial charge in [0, 0.05) is 25.6 Å². The molecule has 0 radical (unpaired) electrons. The largest absolute Gasteiger partial charge is 0.478 e. The molecule has 1 aromatic heterocycles. The van der Waals surface area contributed by atoms with Crippen molar-refractivity contribution in [3.63, 3.8) is 0 Å². The van der Waals surface area contributed by atoms with Gasteiger partial charge in [0.25, 0.3) is 5.91 Å². The number of hydrogen-bond donors (Lipinski definition) is 1. The second kappa shape index (κ2) is 9.62. The van der Waals surface area contributed by atoms with Gasteiger partial charge in [-0.25, -0.2) is 4.39 Å². The van der Waals surface area contributed by atoms with E-state index in [1.54, 1.807) is 31.3 Å². The highest BCUT2D eigenvalue weighted by Gasteiger charge is 2.14. The predicted octanol–water partition coefficient (Wildman–Crippen LogP) is 3.23. The lowest BCUT2D eigenvalue weighted by atomic mass is 10.2. The minimum absolute atomic E-state index is 0.0655. The Labute approximate surface area is 153 Å². The number of aromatic nitrogens is 2. The van der Waals surface area contributed by atoms with Crippen LogP contribution in [0.25, 0.3) is 0 Å². The van der Waals surface area contributed by atoms with Crippen molar-refractivity contribution in [3.05, 3.63) is 47.0 Å². The van der Waals surface area contributed by atoms with E-state index in [4.69, 9.17) is 4.74 Å². The van der Waals surface area contributed by atoms with Crippen LogP contribution < -0.4 is 10.1 Å². The number of halogens is 1. The summed E-state index contributed by atoms with van der Waals surface area (Å²) in [6.07, 6.45) is 2.52. The van der Waals surface area contributed by atoms with Gasteiger partial charge in [-0.2, -0.15) is 5.10 Å². The van der Waals surface area contributed by atoms with E-state index >= 15 is 0 Å². The number of nitrogens with zero attached hydrogens (tertiary/aromatic N) is 2. The molecule has 0 atom stereocenters. The van der Waals surface area contributed by atoms with Gasteiger partial charge in [-0.15, -0.1) is 0 Å². The van der Waals surface area contributed by atoms with Crippen LogP contribution >= 0.6 is 0 Å². The van der Waals surface area contributed by atoms with Gasteiger partial charge in [0.1, 0.15) is 12.3 Å². The Balaban J connectivity index is 1.99. The first-order valence-electron chi connectivity index (χ1n) is 8.73. The molecule has 0 spiro atoms. The monoisotopic (exact) mass is 357 g/mol. The zero-order chi connectivity index (χ0) is 18.9. The minimum atomic E-state index is -0.482. The second-order valence-electron chi connectivity index (χ2n) is 5.80. The molecule has 5 nitrogen and oxygen atoms in total. The van der Waals surface area contributed by atoms with E-state index in [9.17, 15) is 9.18 Å². The number of benzene rings is 1. The smallest absolute Gasteiger partial charge is 0.269 e. The summed E-state index contributed by atoms with van der Waals surface area (Å²) in [5.74, 6) is 5.15. The molecule has 0 saturated heterocycles. The van der Waals surface area contributed by atoms with Crippen LogP contribution in [-0.4, -0.2) is 22.3 Å². The van der Waals surface area contributed by atoms with E-state index < -0.39 is 5.82 Å². The van der Waals surface area contributed by atoms with E-state index in [0.29, 0.717) is 11.3 Å². The molecule has 1 heterocycles. The molecule has 26 heavy (non-hydrogen) atoms. The number of aryl methyl sites for hydroxylation is 2. The molecular formula is C20H24FN3O2. The summed E-state index contributed by atoms with van der Waals surface area (Å²) in [5, 5.41) is 6.96. The molecule has 0 fully saturated rings. The van der Waals surface area contributed by atoms with Crippen molar-refractivity contribution in [2.24, 2.45) is 7.05 Å². The third-order valence-corrected chi connectivity index (χ3v) is 3.81. The van der Waals surface area contributed by atoms with E-state index in [1.807, 2.05) is 13.8 Å². The first-order valence-corrected chi connectivity index (χ1v) is 8.73. The molecule has 0 aliphatic rings. The van der Waals surface area contributed by atoms with Gasteiger partial charge in [-0.05, 0) is 25.0 Å². The van der Waals surface area contributed by atoms with E-state index in [2.05, 4.69) is 22.3 Å². The standard InChI is InChI=1S/C20H24FN3O2/c1-4-6-7-8-12-26-18-11-9-10-15(19(18)21)14-22-20(25)17-13-16(5-2)23-24(17)3/h9-11,13H,4-6,12,14H2,1-3H3,(H,22,25). The lowest BCUT2D eigenvalue weighted by Gasteiger charge is -2.09. The van der Waals surface area contributed by atoms with Crippen molar-refractivity contribution in [1.82, 2.24) is 15.1 Å². The van der Waals surface area contributed by atoms with Gasteiger partial charge in [0.2, 0.25) is 0 Å². The fraction of sp³-hybridized carbons (Fsp3) is 0.400. The Morgan fingerprint density at radius 1 is 1.35 bits per heavy atom. The van der Waals surface area contributed by atoms with Gasteiger partial charge in [-0.3, -0.25) is 9.48 Å². The number of nitrogens with one attached hydrogen (secondary N) is 1. The van der Waals surface area contributed by atoms with Crippen LogP contribution in [0.1, 0.15) is 48.4 Å². The molecule has 6 heteroatoms. The molecule has 2 rings (SSSR count). The summed E-state index contributed by atoms with van der Waals surface area (Å²) in [6, 6.07) is 6.60. The molecule has 1 amide bonds. The van der Waals surface area contributed by atoms with Crippen LogP contribution in [0.2, 0.25) is 0 Å². The van der Waals surface area contributed by atoms with Gasteiger partial charge >= 0.3 is 0 Å². The van der Waals surface area contributed by atoms with Crippen LogP contribution in [0.15, 0.2) is 24.3 Å². The molecule has 0 unspecified atom stereocenters. The third-order valence-electron chi connectivity index (χ3n) is 3.81. The first-order chi connectivity index (χ1) is 12.6. The Bertz CT molecular complexity index is 818. The molecule has 0 bridgehead atoms. The van der Waals surface area contributed by atoms with E-state index in [1.165, 1.54) is 4.68 Å². The number of hydrogen-bond acceptors (Lipinski definition) is 3. The summed E-state index contributed by atoms with van der Waals surface area (Å²) in [7, 11) is 1.71. The Morgan fingerprint density at radius 2 is 2.15 bits per heavy atom. The van der Waals surface area contributed by atoms with Crippen LogP contribution in [-0.2, 0) is 20.0 Å². The van der Waals surface area contributed by atoms with Gasteiger partial charge in [-0.1, -0.05) is 37.8 Å². The number of rotatable bonds is 7. The molecule has 0 aliphatic carbocycles. The summed E-state index contributed by atoms with van der Waals surface area (Å²) < 4.78 is 21.4. The average Bonchev–Trinajstić information content (AvgIpc) is 3.02. The Kier molecular flexibility index (Phi) is 7.22. The normalized spacial score (nSPS) is 10.2. The highest BCUT2D eigenvalue weighted by atomic mass is 19.1. The quantitative estimate of drug-likeness (QED) is 0.774. The van der Waals surface area contributed by atoms with Crippen molar-refractivity contribution in [1.29, 1.82) is 0 Å². The topological polar surface area (TPSA) is 56.1 Å². The zero-order valence-corrected chi connectivity index (χ0v) is 15.4. The van der Waals surface area contributed by atoms with Crippen molar-refractivity contribution < 1.29 is 13.9 Å². The van der Waals surface area contributed by atoms with Gasteiger partial charge in [0.15, 0.2) is 11.6 Å². The molecule has 0 saturated carbocycles. The Morgan fingerprint density at radius 3 is 2.85 bits per heavy atom.